The van der Waals surface area contributed by atoms with Crippen LogP contribution in [0, 0.1) is 0 Å². The van der Waals surface area contributed by atoms with E-state index in [0.717, 1.165) is 18.4 Å². The van der Waals surface area contributed by atoms with Crippen LogP contribution in [0.3, 0.4) is 0 Å². The van der Waals surface area contributed by atoms with Gasteiger partial charge in [0.25, 0.3) is 5.91 Å². The van der Waals surface area contributed by atoms with Crippen LogP contribution in [0.4, 0.5) is 0 Å². The summed E-state index contributed by atoms with van der Waals surface area (Å²) in [4.78, 5) is 12.3. The highest BCUT2D eigenvalue weighted by molar-refractivity contribution is 6.30. The highest BCUT2D eigenvalue weighted by Gasteiger charge is 2.39. The molecule has 3 atom stereocenters. The summed E-state index contributed by atoms with van der Waals surface area (Å²) >= 11 is 5.88. The summed E-state index contributed by atoms with van der Waals surface area (Å²) in [5, 5.41) is 7.28. The Hall–Kier alpha value is -1.49. The lowest BCUT2D eigenvalue weighted by Crippen LogP contribution is -2.42. The molecule has 122 valence electrons. The summed E-state index contributed by atoms with van der Waals surface area (Å²) in [6.07, 6.45) is 3.38. The second kappa shape index (κ2) is 6.56. The number of carbonyl (C=O) groups excluding carboxylic acids is 1. The van der Waals surface area contributed by atoms with Gasteiger partial charge in [-0.25, -0.2) is 0 Å². The molecule has 2 N–H and O–H groups in total. The van der Waals surface area contributed by atoms with Crippen molar-refractivity contribution < 1.29 is 9.21 Å². The average molecular weight is 353 g/mol. The molecule has 1 aromatic carbocycles. The molecule has 0 radical (unpaired) electrons. The van der Waals surface area contributed by atoms with Crippen LogP contribution in [0.5, 0.6) is 0 Å². The van der Waals surface area contributed by atoms with Crippen molar-refractivity contribution >= 4 is 29.9 Å². The Labute approximate surface area is 146 Å². The molecule has 2 aliphatic heterocycles. The van der Waals surface area contributed by atoms with Gasteiger partial charge in [-0.05, 0) is 55.7 Å². The Balaban J connectivity index is 0.00000156. The van der Waals surface area contributed by atoms with E-state index in [2.05, 4.69) is 10.6 Å². The maximum Gasteiger partial charge on any atom is 0.287 e. The van der Waals surface area contributed by atoms with Gasteiger partial charge < -0.3 is 15.1 Å². The number of benzene rings is 1. The summed E-state index contributed by atoms with van der Waals surface area (Å²) in [5.41, 5.74) is 0.907. The number of hydrogen-bond donors (Lipinski definition) is 2. The molecule has 6 heteroatoms. The molecule has 4 nitrogen and oxygen atoms in total. The van der Waals surface area contributed by atoms with Gasteiger partial charge in [0.15, 0.2) is 5.76 Å². The van der Waals surface area contributed by atoms with Gasteiger partial charge in [-0.2, -0.15) is 0 Å². The number of nitrogens with one attached hydrogen (secondary N) is 2. The minimum atomic E-state index is -0.139. The number of hydrogen-bond acceptors (Lipinski definition) is 3. The van der Waals surface area contributed by atoms with Crippen molar-refractivity contribution in [1.82, 2.24) is 10.6 Å². The first kappa shape index (κ1) is 16.4. The van der Waals surface area contributed by atoms with E-state index in [9.17, 15) is 4.79 Å². The van der Waals surface area contributed by atoms with Crippen molar-refractivity contribution in [3.63, 3.8) is 0 Å². The summed E-state index contributed by atoms with van der Waals surface area (Å²) in [7, 11) is 0. The second-order valence-electron chi connectivity index (χ2n) is 6.03. The van der Waals surface area contributed by atoms with Crippen LogP contribution in [-0.2, 0) is 0 Å². The zero-order valence-electron chi connectivity index (χ0n) is 12.4. The Morgan fingerprint density at radius 3 is 2.61 bits per heavy atom. The van der Waals surface area contributed by atoms with E-state index in [1.807, 2.05) is 18.2 Å². The maximum absolute atomic E-state index is 12.3. The zero-order valence-corrected chi connectivity index (χ0v) is 14.0. The fourth-order valence-corrected chi connectivity index (χ4v) is 3.58. The fourth-order valence-electron chi connectivity index (χ4n) is 3.45. The SMILES string of the molecule is Cl.O=C(N[C@@H]1CC2CCC1N2)c1ccc(-c2ccc(Cl)cc2)o1. The lowest BCUT2D eigenvalue weighted by molar-refractivity contribution is 0.0903. The average Bonchev–Trinajstić information content (AvgIpc) is 3.24. The predicted octanol–water partition coefficient (Wildman–Crippen LogP) is 3.64. The van der Waals surface area contributed by atoms with E-state index in [0.29, 0.717) is 28.6 Å². The summed E-state index contributed by atoms with van der Waals surface area (Å²) in [6.45, 7) is 0. The fraction of sp³-hybridized carbons (Fsp3) is 0.353. The van der Waals surface area contributed by atoms with Gasteiger partial charge >= 0.3 is 0 Å². The van der Waals surface area contributed by atoms with Gasteiger partial charge in [0.05, 0.1) is 0 Å². The third-order valence-corrected chi connectivity index (χ3v) is 4.83. The standard InChI is InChI=1S/C17H17ClN2O2.ClH/c18-11-3-1-10(2-4-11)15-7-8-16(22-15)17(21)20-14-9-12-5-6-13(14)19-12;/h1-4,7-8,12-14,19H,5-6,9H2,(H,20,21);1H/t12?,13?,14-;/m1./s1. The van der Waals surface area contributed by atoms with Crippen LogP contribution in [0.25, 0.3) is 11.3 Å². The molecule has 23 heavy (non-hydrogen) atoms. The summed E-state index contributed by atoms with van der Waals surface area (Å²) in [5.74, 6) is 0.889. The van der Waals surface area contributed by atoms with Crippen LogP contribution >= 0.6 is 24.0 Å². The van der Waals surface area contributed by atoms with Crippen molar-refractivity contribution in [3.8, 4) is 11.3 Å². The highest BCUT2D eigenvalue weighted by Crippen LogP contribution is 2.29. The maximum atomic E-state index is 12.3. The largest absolute Gasteiger partial charge is 0.451 e. The van der Waals surface area contributed by atoms with E-state index < -0.39 is 0 Å². The Kier molecular flexibility index (Phi) is 4.67. The Morgan fingerprint density at radius 2 is 1.96 bits per heavy atom. The number of amides is 1. The quantitative estimate of drug-likeness (QED) is 0.886. The number of rotatable bonds is 3. The summed E-state index contributed by atoms with van der Waals surface area (Å²) < 4.78 is 5.69. The third-order valence-electron chi connectivity index (χ3n) is 4.58. The first-order valence-corrected chi connectivity index (χ1v) is 7.99. The van der Waals surface area contributed by atoms with Crippen LogP contribution in [0.1, 0.15) is 29.8 Å². The number of furan rings is 1. The zero-order chi connectivity index (χ0) is 15.1. The molecule has 1 amide bonds. The molecule has 1 aromatic heterocycles. The first-order chi connectivity index (χ1) is 10.7. The van der Waals surface area contributed by atoms with Gasteiger partial charge in [0.1, 0.15) is 5.76 Å². The van der Waals surface area contributed by atoms with Gasteiger partial charge in [-0.15, -0.1) is 12.4 Å². The number of fused-ring (bicyclic) bond motifs is 2. The second-order valence-corrected chi connectivity index (χ2v) is 6.47. The first-order valence-electron chi connectivity index (χ1n) is 7.62. The van der Waals surface area contributed by atoms with Gasteiger partial charge in [0.2, 0.25) is 0 Å². The molecule has 2 aromatic rings. The molecule has 3 heterocycles. The number of halogens is 2. The van der Waals surface area contributed by atoms with Crippen molar-refractivity contribution in [2.45, 2.75) is 37.4 Å². The van der Waals surface area contributed by atoms with E-state index >= 15 is 0 Å². The van der Waals surface area contributed by atoms with Crippen molar-refractivity contribution in [3.05, 3.63) is 47.2 Å². The molecule has 0 aliphatic carbocycles. The molecular formula is C17H18Cl2N2O2. The normalized spacial score (nSPS) is 25.2. The molecule has 2 saturated heterocycles. The molecule has 2 fully saturated rings. The Bertz CT molecular complexity index is 699. The van der Waals surface area contributed by atoms with E-state index in [4.69, 9.17) is 16.0 Å². The smallest absolute Gasteiger partial charge is 0.287 e. The molecular weight excluding hydrogens is 335 g/mol. The number of carbonyl (C=O) groups is 1. The van der Waals surface area contributed by atoms with Crippen LogP contribution in [-0.4, -0.2) is 24.0 Å². The predicted molar refractivity (Wildman–Crippen MR) is 92.2 cm³/mol. The molecule has 0 saturated carbocycles. The van der Waals surface area contributed by atoms with Crippen molar-refractivity contribution in [1.29, 1.82) is 0 Å². The van der Waals surface area contributed by atoms with E-state index in [1.165, 1.54) is 6.42 Å². The highest BCUT2D eigenvalue weighted by atomic mass is 35.5. The van der Waals surface area contributed by atoms with Crippen molar-refractivity contribution in [2.24, 2.45) is 0 Å². The monoisotopic (exact) mass is 352 g/mol. The lowest BCUT2D eigenvalue weighted by Gasteiger charge is -2.20. The van der Waals surface area contributed by atoms with Gasteiger partial charge in [-0.3, -0.25) is 4.79 Å². The molecule has 0 spiro atoms. The van der Waals surface area contributed by atoms with Gasteiger partial charge in [-0.1, -0.05) is 11.6 Å². The van der Waals surface area contributed by atoms with Gasteiger partial charge in [0, 0.05) is 28.7 Å². The van der Waals surface area contributed by atoms with Crippen LogP contribution < -0.4 is 10.6 Å². The topological polar surface area (TPSA) is 54.3 Å². The summed E-state index contributed by atoms with van der Waals surface area (Å²) in [6, 6.07) is 12.1. The lowest BCUT2D eigenvalue weighted by atomic mass is 9.95. The minimum Gasteiger partial charge on any atom is -0.451 e. The minimum absolute atomic E-state index is 0. The third kappa shape index (κ3) is 3.25. The molecule has 2 unspecified atom stereocenters. The van der Waals surface area contributed by atoms with Crippen molar-refractivity contribution in [2.75, 3.05) is 0 Å². The Morgan fingerprint density at radius 1 is 1.17 bits per heavy atom. The van der Waals surface area contributed by atoms with E-state index in [-0.39, 0.29) is 24.4 Å². The van der Waals surface area contributed by atoms with Crippen LogP contribution in [0.2, 0.25) is 5.02 Å². The van der Waals surface area contributed by atoms with Crippen LogP contribution in [0.15, 0.2) is 40.8 Å². The van der Waals surface area contributed by atoms with E-state index in [1.54, 1.807) is 18.2 Å². The molecule has 2 aliphatic rings. The molecule has 2 bridgehead atoms. The molecule has 4 rings (SSSR count).